The Balaban J connectivity index is 1.68. The number of carbonyl (C=O) groups excluding carboxylic acids is 1. The lowest BCUT2D eigenvalue weighted by molar-refractivity contribution is 0.101. The third-order valence-electron chi connectivity index (χ3n) is 4.31. The largest absolute Gasteiger partial charge is 0.493 e. The summed E-state index contributed by atoms with van der Waals surface area (Å²) in [6.07, 6.45) is 2.86. The Hall–Kier alpha value is -2.55. The highest BCUT2D eigenvalue weighted by Crippen LogP contribution is 2.23. The average Bonchev–Trinajstić information content (AvgIpc) is 2.94. The Morgan fingerprint density at radius 2 is 1.92 bits per heavy atom. The summed E-state index contributed by atoms with van der Waals surface area (Å²) in [5, 5.41) is 1.03. The van der Waals surface area contributed by atoms with Gasteiger partial charge in [-0.15, -0.1) is 0 Å². The number of ketones is 1. The summed E-state index contributed by atoms with van der Waals surface area (Å²) in [4.78, 5) is 11.8. The number of rotatable bonds is 6. The van der Waals surface area contributed by atoms with Gasteiger partial charge in [-0.25, -0.2) is 0 Å². The molecule has 3 nitrogen and oxygen atoms in total. The van der Waals surface area contributed by atoms with Crippen molar-refractivity contribution in [3.05, 3.63) is 65.4 Å². The van der Waals surface area contributed by atoms with Gasteiger partial charge >= 0.3 is 0 Å². The molecule has 0 fully saturated rings. The summed E-state index contributed by atoms with van der Waals surface area (Å²) >= 11 is 0. The molecular weight excluding hydrogens is 298 g/mol. The highest BCUT2D eigenvalue weighted by atomic mass is 16.5. The third kappa shape index (κ3) is 3.35. The fourth-order valence-corrected chi connectivity index (χ4v) is 2.99. The zero-order valence-electron chi connectivity index (χ0n) is 14.5. The molecule has 0 amide bonds. The van der Waals surface area contributed by atoms with Gasteiger partial charge in [0.2, 0.25) is 0 Å². The third-order valence-corrected chi connectivity index (χ3v) is 4.31. The second-order valence-electron chi connectivity index (χ2n) is 6.28. The Kier molecular flexibility index (Phi) is 4.70. The van der Waals surface area contributed by atoms with Crippen LogP contribution >= 0.6 is 0 Å². The number of carbonyl (C=O) groups is 1. The molecule has 0 bridgehead atoms. The van der Waals surface area contributed by atoms with Crippen molar-refractivity contribution in [3.63, 3.8) is 0 Å². The van der Waals surface area contributed by atoms with Gasteiger partial charge in [-0.3, -0.25) is 4.79 Å². The second-order valence-corrected chi connectivity index (χ2v) is 6.28. The number of para-hydroxylation sites is 1. The molecule has 0 aliphatic carbocycles. The van der Waals surface area contributed by atoms with E-state index < -0.39 is 0 Å². The van der Waals surface area contributed by atoms with Crippen LogP contribution < -0.4 is 4.74 Å². The lowest BCUT2D eigenvalue weighted by atomic mass is 10.1. The molecule has 0 spiro atoms. The van der Waals surface area contributed by atoms with Gasteiger partial charge in [-0.1, -0.05) is 30.3 Å². The predicted molar refractivity (Wildman–Crippen MR) is 98.0 cm³/mol. The minimum Gasteiger partial charge on any atom is -0.493 e. The first-order valence-corrected chi connectivity index (χ1v) is 8.35. The molecule has 1 heterocycles. The molecule has 0 saturated heterocycles. The van der Waals surface area contributed by atoms with E-state index in [1.54, 1.807) is 6.92 Å². The summed E-state index contributed by atoms with van der Waals surface area (Å²) < 4.78 is 8.08. The quantitative estimate of drug-likeness (QED) is 0.476. The van der Waals surface area contributed by atoms with E-state index in [-0.39, 0.29) is 5.78 Å². The zero-order valence-corrected chi connectivity index (χ0v) is 14.5. The number of ether oxygens (including phenoxy) is 1. The fourth-order valence-electron chi connectivity index (χ4n) is 2.99. The maximum atomic E-state index is 11.8. The molecule has 0 saturated carbocycles. The Labute approximate surface area is 142 Å². The van der Waals surface area contributed by atoms with Crippen LogP contribution in [0.25, 0.3) is 10.9 Å². The molecule has 0 N–H and O–H groups in total. The first-order chi connectivity index (χ1) is 11.6. The number of hydrogen-bond donors (Lipinski definition) is 0. The Morgan fingerprint density at radius 3 is 2.71 bits per heavy atom. The van der Waals surface area contributed by atoms with E-state index in [1.807, 2.05) is 24.4 Å². The van der Waals surface area contributed by atoms with Crippen LogP contribution in [-0.2, 0) is 6.54 Å². The summed E-state index contributed by atoms with van der Waals surface area (Å²) in [7, 11) is 0. The number of hydrogen-bond acceptors (Lipinski definition) is 2. The van der Waals surface area contributed by atoms with Gasteiger partial charge in [-0.05, 0) is 50.5 Å². The minimum absolute atomic E-state index is 0.108. The number of fused-ring (bicyclic) bond motifs is 1. The van der Waals surface area contributed by atoms with Crippen LogP contribution in [0, 0.1) is 13.8 Å². The van der Waals surface area contributed by atoms with Crippen molar-refractivity contribution in [1.82, 2.24) is 4.57 Å². The first-order valence-electron chi connectivity index (χ1n) is 8.35. The van der Waals surface area contributed by atoms with Crippen molar-refractivity contribution in [3.8, 4) is 5.75 Å². The summed E-state index contributed by atoms with van der Waals surface area (Å²) in [6, 6.07) is 14.3. The van der Waals surface area contributed by atoms with Gasteiger partial charge in [0.15, 0.2) is 5.78 Å². The number of nitrogens with zero attached hydrogens (tertiary/aromatic N) is 1. The normalized spacial score (nSPS) is 11.0. The zero-order chi connectivity index (χ0) is 17.1. The van der Waals surface area contributed by atoms with Crippen LogP contribution in [0.15, 0.2) is 48.7 Å². The van der Waals surface area contributed by atoms with Gasteiger partial charge in [0.05, 0.1) is 6.61 Å². The van der Waals surface area contributed by atoms with Gasteiger partial charge in [-0.2, -0.15) is 0 Å². The monoisotopic (exact) mass is 321 g/mol. The molecular formula is C21H23NO2. The first kappa shape index (κ1) is 16.3. The van der Waals surface area contributed by atoms with Crippen molar-refractivity contribution in [2.24, 2.45) is 0 Å². The molecule has 3 heteroatoms. The van der Waals surface area contributed by atoms with Crippen molar-refractivity contribution >= 4 is 16.7 Å². The predicted octanol–water partition coefficient (Wildman–Crippen LogP) is 4.93. The van der Waals surface area contributed by atoms with E-state index in [2.05, 4.69) is 42.7 Å². The molecule has 0 atom stereocenters. The van der Waals surface area contributed by atoms with E-state index in [1.165, 1.54) is 5.56 Å². The molecule has 3 aromatic rings. The van der Waals surface area contributed by atoms with Crippen LogP contribution in [0.4, 0.5) is 0 Å². The lowest BCUT2D eigenvalue weighted by Crippen LogP contribution is -2.04. The lowest BCUT2D eigenvalue weighted by Gasteiger charge is -2.10. The van der Waals surface area contributed by atoms with Crippen LogP contribution in [0.2, 0.25) is 0 Å². The molecule has 124 valence electrons. The maximum Gasteiger partial charge on any atom is 0.161 e. The van der Waals surface area contributed by atoms with Crippen LogP contribution in [0.3, 0.4) is 0 Å². The van der Waals surface area contributed by atoms with Crippen LogP contribution in [0.5, 0.6) is 5.75 Å². The Bertz CT molecular complexity index is 877. The van der Waals surface area contributed by atoms with E-state index in [4.69, 9.17) is 4.74 Å². The van der Waals surface area contributed by atoms with Crippen molar-refractivity contribution < 1.29 is 9.53 Å². The van der Waals surface area contributed by atoms with Gasteiger partial charge in [0.25, 0.3) is 0 Å². The molecule has 3 rings (SSSR count). The van der Waals surface area contributed by atoms with E-state index in [0.29, 0.717) is 6.61 Å². The molecule has 1 aromatic heterocycles. The maximum absolute atomic E-state index is 11.8. The smallest absolute Gasteiger partial charge is 0.161 e. The van der Waals surface area contributed by atoms with Crippen LogP contribution in [-0.4, -0.2) is 17.0 Å². The summed E-state index contributed by atoms with van der Waals surface area (Å²) in [5.41, 5.74) is 4.26. The van der Waals surface area contributed by atoms with E-state index >= 15 is 0 Å². The standard InChI is InChI=1S/C21H23NO2/c1-15-9-10-16(2)21(13-15)24-12-6-11-22-14-19(17(3)23)18-7-4-5-8-20(18)22/h4-5,7-10,13-14H,6,11-12H2,1-3H3. The van der Waals surface area contributed by atoms with Crippen molar-refractivity contribution in [2.75, 3.05) is 6.61 Å². The SMILES string of the molecule is CC(=O)c1cn(CCCOc2cc(C)ccc2C)c2ccccc12. The summed E-state index contributed by atoms with van der Waals surface area (Å²) in [5.74, 6) is 1.06. The highest BCUT2D eigenvalue weighted by Gasteiger charge is 2.11. The van der Waals surface area contributed by atoms with Gasteiger partial charge in [0, 0.05) is 29.2 Å². The number of Topliss-reactive ketones (excluding diaryl/α,β-unsaturated/α-hetero) is 1. The molecule has 0 radical (unpaired) electrons. The van der Waals surface area contributed by atoms with Crippen LogP contribution in [0.1, 0.15) is 34.8 Å². The molecule has 0 aliphatic heterocycles. The molecule has 2 aromatic carbocycles. The van der Waals surface area contributed by atoms with Gasteiger partial charge < -0.3 is 9.30 Å². The van der Waals surface area contributed by atoms with E-state index in [0.717, 1.165) is 40.7 Å². The Morgan fingerprint density at radius 1 is 1.12 bits per heavy atom. The molecule has 24 heavy (non-hydrogen) atoms. The molecule has 0 unspecified atom stereocenters. The average molecular weight is 321 g/mol. The summed E-state index contributed by atoms with van der Waals surface area (Å²) in [6.45, 7) is 7.25. The second kappa shape index (κ2) is 6.91. The number of benzene rings is 2. The number of aryl methyl sites for hydroxylation is 3. The van der Waals surface area contributed by atoms with Gasteiger partial charge in [0.1, 0.15) is 5.75 Å². The van der Waals surface area contributed by atoms with Crippen molar-refractivity contribution in [2.45, 2.75) is 33.7 Å². The topological polar surface area (TPSA) is 31.2 Å². The molecule has 0 aliphatic rings. The van der Waals surface area contributed by atoms with Crippen molar-refractivity contribution in [1.29, 1.82) is 0 Å². The fraction of sp³-hybridized carbons (Fsp3) is 0.286. The minimum atomic E-state index is 0.108. The van der Waals surface area contributed by atoms with E-state index in [9.17, 15) is 4.79 Å². The number of aromatic nitrogens is 1. The highest BCUT2D eigenvalue weighted by molar-refractivity contribution is 6.06.